The molecule has 7 nitrogen and oxygen atoms in total. The van der Waals surface area contributed by atoms with E-state index >= 15 is 0 Å². The molecule has 0 atom stereocenters. The van der Waals surface area contributed by atoms with E-state index in [1.54, 1.807) is 36.4 Å². The normalized spacial score (nSPS) is 11.1. The highest BCUT2D eigenvalue weighted by atomic mass is 32.2. The van der Waals surface area contributed by atoms with E-state index in [2.05, 4.69) is 5.32 Å². The Hall–Kier alpha value is -2.58. The highest BCUT2D eigenvalue weighted by Crippen LogP contribution is 2.32. The van der Waals surface area contributed by atoms with Gasteiger partial charge in [0.25, 0.3) is 10.0 Å². The first kappa shape index (κ1) is 22.7. The summed E-state index contributed by atoms with van der Waals surface area (Å²) in [5, 5.41) is 2.75. The largest absolute Gasteiger partial charge is 0.495 e. The van der Waals surface area contributed by atoms with Crippen molar-refractivity contribution in [3.63, 3.8) is 0 Å². The summed E-state index contributed by atoms with van der Waals surface area (Å²) in [6.07, 6.45) is 0.652. The van der Waals surface area contributed by atoms with Gasteiger partial charge in [-0.25, -0.2) is 8.42 Å². The van der Waals surface area contributed by atoms with Crippen LogP contribution >= 0.6 is 0 Å². The van der Waals surface area contributed by atoms with Gasteiger partial charge in [0.15, 0.2) is 0 Å². The van der Waals surface area contributed by atoms with Gasteiger partial charge in [0.1, 0.15) is 12.3 Å². The number of benzene rings is 2. The molecule has 2 rings (SSSR count). The van der Waals surface area contributed by atoms with Crippen molar-refractivity contribution in [1.29, 1.82) is 0 Å². The van der Waals surface area contributed by atoms with Crippen molar-refractivity contribution in [3.05, 3.63) is 54.1 Å². The Labute approximate surface area is 172 Å². The number of carbonyl (C=O) groups is 1. The Morgan fingerprint density at radius 2 is 1.79 bits per heavy atom. The minimum Gasteiger partial charge on any atom is -0.495 e. The molecule has 0 aliphatic carbocycles. The molecule has 0 aliphatic heterocycles. The third-order valence-corrected chi connectivity index (χ3v) is 6.02. The zero-order valence-electron chi connectivity index (χ0n) is 17.1. The first-order chi connectivity index (χ1) is 13.9. The number of para-hydroxylation sites is 2. The molecule has 1 N–H and O–H groups in total. The molecule has 8 heteroatoms. The average molecular weight is 421 g/mol. The highest BCUT2D eigenvalue weighted by molar-refractivity contribution is 7.92. The van der Waals surface area contributed by atoms with Gasteiger partial charge >= 0.3 is 0 Å². The molecule has 0 saturated heterocycles. The van der Waals surface area contributed by atoms with Gasteiger partial charge in [0.2, 0.25) is 5.91 Å². The molecule has 2 aromatic carbocycles. The number of aryl methyl sites for hydroxylation is 1. The van der Waals surface area contributed by atoms with Gasteiger partial charge in [-0.15, -0.1) is 0 Å². The van der Waals surface area contributed by atoms with Crippen molar-refractivity contribution in [2.24, 2.45) is 0 Å². The molecule has 0 aromatic heterocycles. The van der Waals surface area contributed by atoms with Crippen LogP contribution in [0.3, 0.4) is 0 Å². The lowest BCUT2D eigenvalue weighted by Crippen LogP contribution is -2.41. The van der Waals surface area contributed by atoms with Crippen molar-refractivity contribution in [1.82, 2.24) is 5.32 Å². The summed E-state index contributed by atoms with van der Waals surface area (Å²) in [7, 11) is -2.51. The third-order valence-electron chi connectivity index (χ3n) is 4.24. The third kappa shape index (κ3) is 6.20. The van der Waals surface area contributed by atoms with E-state index in [9.17, 15) is 13.2 Å². The lowest BCUT2D eigenvalue weighted by molar-refractivity contribution is -0.119. The fraction of sp³-hybridized carbons (Fsp3) is 0.381. The molecular formula is C21H28N2O5S. The molecule has 2 aromatic rings. The monoisotopic (exact) mass is 420 g/mol. The predicted molar refractivity (Wildman–Crippen MR) is 113 cm³/mol. The number of amides is 1. The number of hydrogen-bond donors (Lipinski definition) is 1. The summed E-state index contributed by atoms with van der Waals surface area (Å²) >= 11 is 0. The van der Waals surface area contributed by atoms with Crippen LogP contribution in [-0.2, 0) is 19.6 Å². The van der Waals surface area contributed by atoms with Crippen molar-refractivity contribution in [2.75, 3.05) is 37.7 Å². The average Bonchev–Trinajstić information content (AvgIpc) is 2.72. The van der Waals surface area contributed by atoms with Crippen LogP contribution in [0.25, 0.3) is 0 Å². The van der Waals surface area contributed by atoms with Crippen molar-refractivity contribution in [2.45, 2.75) is 25.2 Å². The number of carbonyl (C=O) groups excluding carboxylic acids is 1. The number of nitrogens with one attached hydrogen (secondary N) is 1. The van der Waals surface area contributed by atoms with E-state index in [1.807, 2.05) is 13.8 Å². The summed E-state index contributed by atoms with van der Waals surface area (Å²) in [5.74, 6) is -0.0320. The van der Waals surface area contributed by atoms with Gasteiger partial charge in [-0.2, -0.15) is 0 Å². The highest BCUT2D eigenvalue weighted by Gasteiger charge is 2.29. The van der Waals surface area contributed by atoms with Crippen LogP contribution in [0, 0.1) is 6.92 Å². The van der Waals surface area contributed by atoms with Gasteiger partial charge in [-0.3, -0.25) is 9.10 Å². The number of methoxy groups -OCH3 is 1. The van der Waals surface area contributed by atoms with E-state index in [-0.39, 0.29) is 11.4 Å². The van der Waals surface area contributed by atoms with Crippen LogP contribution in [0.15, 0.2) is 53.4 Å². The number of ether oxygens (including phenoxy) is 2. The van der Waals surface area contributed by atoms with Gasteiger partial charge in [-0.1, -0.05) is 29.8 Å². The second-order valence-corrected chi connectivity index (χ2v) is 8.26. The Morgan fingerprint density at radius 3 is 2.45 bits per heavy atom. The van der Waals surface area contributed by atoms with Crippen LogP contribution in [-0.4, -0.2) is 47.7 Å². The molecule has 0 fully saturated rings. The zero-order valence-corrected chi connectivity index (χ0v) is 17.9. The number of anilines is 1. The SMILES string of the molecule is CCOCCCNC(=O)CN(c1ccccc1OC)S(=O)(=O)c1ccc(C)cc1. The molecule has 0 spiro atoms. The van der Waals surface area contributed by atoms with Crippen molar-refractivity contribution < 1.29 is 22.7 Å². The summed E-state index contributed by atoms with van der Waals surface area (Å²) in [6, 6.07) is 13.2. The van der Waals surface area contributed by atoms with Gasteiger partial charge in [-0.05, 0) is 44.5 Å². The molecule has 1 amide bonds. The van der Waals surface area contributed by atoms with Gasteiger partial charge in [0, 0.05) is 19.8 Å². The molecule has 0 saturated carbocycles. The van der Waals surface area contributed by atoms with E-state index in [4.69, 9.17) is 9.47 Å². The second-order valence-electron chi connectivity index (χ2n) is 6.40. The van der Waals surface area contributed by atoms with E-state index in [0.29, 0.717) is 37.6 Å². The first-order valence-corrected chi connectivity index (χ1v) is 10.9. The minimum absolute atomic E-state index is 0.109. The second kappa shape index (κ2) is 10.8. The summed E-state index contributed by atoms with van der Waals surface area (Å²) in [6.45, 7) is 4.98. The topological polar surface area (TPSA) is 84.9 Å². The van der Waals surface area contributed by atoms with Crippen LogP contribution < -0.4 is 14.4 Å². The van der Waals surface area contributed by atoms with E-state index < -0.39 is 15.9 Å². The molecular weight excluding hydrogens is 392 g/mol. The smallest absolute Gasteiger partial charge is 0.264 e. The van der Waals surface area contributed by atoms with Gasteiger partial charge < -0.3 is 14.8 Å². The lowest BCUT2D eigenvalue weighted by Gasteiger charge is -2.25. The molecule has 0 unspecified atom stereocenters. The van der Waals surface area contributed by atoms with Gasteiger partial charge in [0.05, 0.1) is 17.7 Å². The predicted octanol–water partition coefficient (Wildman–Crippen LogP) is 2.74. The van der Waals surface area contributed by atoms with Crippen LogP contribution in [0.1, 0.15) is 18.9 Å². The maximum atomic E-state index is 13.3. The van der Waals surface area contributed by atoms with E-state index in [0.717, 1.165) is 9.87 Å². The molecule has 0 bridgehead atoms. The molecule has 0 heterocycles. The van der Waals surface area contributed by atoms with Crippen LogP contribution in [0.2, 0.25) is 0 Å². The van der Waals surface area contributed by atoms with E-state index in [1.165, 1.54) is 19.2 Å². The molecule has 0 aliphatic rings. The summed E-state index contributed by atoms with van der Waals surface area (Å²) < 4.78 is 38.3. The van der Waals surface area contributed by atoms with Crippen molar-refractivity contribution in [3.8, 4) is 5.75 Å². The zero-order chi connectivity index (χ0) is 21.3. The van der Waals surface area contributed by atoms with Crippen LogP contribution in [0.4, 0.5) is 5.69 Å². The maximum absolute atomic E-state index is 13.3. The Kier molecular flexibility index (Phi) is 8.48. The fourth-order valence-corrected chi connectivity index (χ4v) is 4.14. The lowest BCUT2D eigenvalue weighted by atomic mass is 10.2. The number of rotatable bonds is 11. The molecule has 0 radical (unpaired) electrons. The Bertz CT molecular complexity index is 898. The quantitative estimate of drug-likeness (QED) is 0.565. The Balaban J connectivity index is 2.29. The number of hydrogen-bond acceptors (Lipinski definition) is 5. The number of nitrogens with zero attached hydrogens (tertiary/aromatic N) is 1. The minimum atomic E-state index is -3.97. The molecule has 29 heavy (non-hydrogen) atoms. The fourth-order valence-electron chi connectivity index (χ4n) is 2.71. The number of sulfonamides is 1. The van der Waals surface area contributed by atoms with Crippen molar-refractivity contribution >= 4 is 21.6 Å². The molecule has 158 valence electrons. The standard InChI is InChI=1S/C21H28N2O5S/c1-4-28-15-7-14-22-21(24)16-23(19-8-5-6-9-20(19)27-3)29(25,26)18-12-10-17(2)11-13-18/h5-6,8-13H,4,7,14-16H2,1-3H3,(H,22,24). The summed E-state index contributed by atoms with van der Waals surface area (Å²) in [5.41, 5.74) is 1.25. The van der Waals surface area contributed by atoms with Crippen LogP contribution in [0.5, 0.6) is 5.75 Å². The summed E-state index contributed by atoms with van der Waals surface area (Å²) in [4.78, 5) is 12.6. The Morgan fingerprint density at radius 1 is 1.10 bits per heavy atom. The maximum Gasteiger partial charge on any atom is 0.264 e. The first-order valence-electron chi connectivity index (χ1n) is 9.47.